The smallest absolute Gasteiger partial charge is 0.0315 e. The van der Waals surface area contributed by atoms with E-state index in [0.717, 1.165) is 12.8 Å². The van der Waals surface area contributed by atoms with Crippen molar-refractivity contribution in [3.63, 3.8) is 0 Å². The molecule has 0 aromatic heterocycles. The van der Waals surface area contributed by atoms with Crippen LogP contribution in [0.2, 0.25) is 0 Å². The fraction of sp³-hybridized carbons (Fsp3) is 0.375. The lowest BCUT2D eigenvalue weighted by atomic mass is 10.0. The number of allylic oxidation sites excluding steroid dienone is 4. The largest absolute Gasteiger partial charge is 0.305 e. The second kappa shape index (κ2) is 2.62. The Labute approximate surface area is 55.6 Å². The molecule has 0 atom stereocenters. The predicted molar refractivity (Wildman–Crippen MR) is 39.9 cm³/mol. The van der Waals surface area contributed by atoms with Gasteiger partial charge in [-0.15, -0.1) is 0 Å². The van der Waals surface area contributed by atoms with Crippen molar-refractivity contribution in [3.05, 3.63) is 23.8 Å². The lowest BCUT2D eigenvalue weighted by Gasteiger charge is -2.04. The summed E-state index contributed by atoms with van der Waals surface area (Å²) in [6.07, 6.45) is 8.32. The molecule has 0 amide bonds. The van der Waals surface area contributed by atoms with Crippen LogP contribution in [-0.4, -0.2) is 5.71 Å². The molecule has 0 spiro atoms. The Kier molecular flexibility index (Phi) is 1.83. The first-order valence-corrected chi connectivity index (χ1v) is 3.22. The van der Waals surface area contributed by atoms with Gasteiger partial charge < -0.3 is 5.41 Å². The molecule has 1 heteroatoms. The van der Waals surface area contributed by atoms with Crippen molar-refractivity contribution in [1.29, 1.82) is 5.41 Å². The Balaban J connectivity index is 2.68. The van der Waals surface area contributed by atoms with Gasteiger partial charge in [0.05, 0.1) is 0 Å². The summed E-state index contributed by atoms with van der Waals surface area (Å²) in [6, 6.07) is 0. The number of nitrogens with one attached hydrogen (secondary N) is 1. The maximum atomic E-state index is 7.29. The van der Waals surface area contributed by atoms with Gasteiger partial charge in [-0.25, -0.2) is 0 Å². The van der Waals surface area contributed by atoms with Crippen molar-refractivity contribution in [3.8, 4) is 0 Å². The molecule has 0 fully saturated rings. The monoisotopic (exact) mass is 121 g/mol. The van der Waals surface area contributed by atoms with Gasteiger partial charge >= 0.3 is 0 Å². The van der Waals surface area contributed by atoms with E-state index >= 15 is 0 Å². The van der Waals surface area contributed by atoms with Crippen LogP contribution in [0.25, 0.3) is 0 Å². The Morgan fingerprint density at radius 2 is 2.44 bits per heavy atom. The van der Waals surface area contributed by atoms with E-state index < -0.39 is 0 Å². The van der Waals surface area contributed by atoms with Gasteiger partial charge in [0.2, 0.25) is 0 Å². The number of hydrogen-bond acceptors (Lipinski definition) is 1. The minimum Gasteiger partial charge on any atom is -0.305 e. The SMILES string of the molecule is CC(=N)C1=CC=CCC1. The van der Waals surface area contributed by atoms with Crippen LogP contribution in [0, 0.1) is 5.41 Å². The van der Waals surface area contributed by atoms with E-state index in [-0.39, 0.29) is 0 Å². The molecule has 9 heavy (non-hydrogen) atoms. The van der Waals surface area contributed by atoms with Gasteiger partial charge in [0, 0.05) is 5.71 Å². The molecule has 48 valence electrons. The van der Waals surface area contributed by atoms with E-state index in [2.05, 4.69) is 6.08 Å². The summed E-state index contributed by atoms with van der Waals surface area (Å²) in [5, 5.41) is 7.29. The zero-order chi connectivity index (χ0) is 6.69. The van der Waals surface area contributed by atoms with Gasteiger partial charge in [-0.05, 0) is 25.3 Å². The highest BCUT2D eigenvalue weighted by Crippen LogP contribution is 2.11. The predicted octanol–water partition coefficient (Wildman–Crippen LogP) is 2.30. The minimum absolute atomic E-state index is 0.708. The molecule has 1 nitrogen and oxygen atoms in total. The van der Waals surface area contributed by atoms with Crippen molar-refractivity contribution in [2.24, 2.45) is 0 Å². The Morgan fingerprint density at radius 1 is 1.67 bits per heavy atom. The summed E-state index contributed by atoms with van der Waals surface area (Å²) < 4.78 is 0. The van der Waals surface area contributed by atoms with Gasteiger partial charge in [0.25, 0.3) is 0 Å². The van der Waals surface area contributed by atoms with E-state index in [1.165, 1.54) is 5.57 Å². The normalized spacial score (nSPS) is 17.2. The molecule has 0 aliphatic heterocycles. The van der Waals surface area contributed by atoms with E-state index in [9.17, 15) is 0 Å². The van der Waals surface area contributed by atoms with Crippen LogP contribution in [0.4, 0.5) is 0 Å². The first kappa shape index (κ1) is 6.27. The van der Waals surface area contributed by atoms with Crippen LogP contribution < -0.4 is 0 Å². The maximum Gasteiger partial charge on any atom is 0.0315 e. The van der Waals surface area contributed by atoms with Gasteiger partial charge in [0.15, 0.2) is 0 Å². The molecule has 0 saturated carbocycles. The second-order valence-electron chi connectivity index (χ2n) is 2.28. The summed E-state index contributed by atoms with van der Waals surface area (Å²) >= 11 is 0. The molecule has 0 aromatic carbocycles. The zero-order valence-corrected chi connectivity index (χ0v) is 5.65. The zero-order valence-electron chi connectivity index (χ0n) is 5.65. The Hall–Kier alpha value is -0.850. The van der Waals surface area contributed by atoms with Gasteiger partial charge in [-0.2, -0.15) is 0 Å². The van der Waals surface area contributed by atoms with E-state index in [4.69, 9.17) is 5.41 Å². The maximum absolute atomic E-state index is 7.29. The molecular weight excluding hydrogens is 110 g/mol. The molecule has 0 unspecified atom stereocenters. The Morgan fingerprint density at radius 3 is 2.78 bits per heavy atom. The van der Waals surface area contributed by atoms with Crippen molar-refractivity contribution >= 4 is 5.71 Å². The summed E-state index contributed by atoms with van der Waals surface area (Å²) in [4.78, 5) is 0. The molecule has 1 N–H and O–H groups in total. The lowest BCUT2D eigenvalue weighted by Crippen LogP contribution is -1.96. The molecule has 1 rings (SSSR count). The van der Waals surface area contributed by atoms with Crippen molar-refractivity contribution in [2.75, 3.05) is 0 Å². The van der Waals surface area contributed by atoms with E-state index in [1.54, 1.807) is 0 Å². The highest BCUT2D eigenvalue weighted by molar-refractivity contribution is 5.96. The molecule has 0 aromatic rings. The molecule has 0 saturated heterocycles. The van der Waals surface area contributed by atoms with Crippen LogP contribution in [-0.2, 0) is 0 Å². The quantitative estimate of drug-likeness (QED) is 0.515. The molecule has 1 aliphatic carbocycles. The third kappa shape index (κ3) is 1.53. The first-order valence-electron chi connectivity index (χ1n) is 3.22. The average Bonchev–Trinajstić information content (AvgIpc) is 1.90. The topological polar surface area (TPSA) is 23.9 Å². The van der Waals surface area contributed by atoms with Crippen molar-refractivity contribution < 1.29 is 0 Å². The summed E-state index contributed by atoms with van der Waals surface area (Å²) in [6.45, 7) is 1.84. The lowest BCUT2D eigenvalue weighted by molar-refractivity contribution is 0.999. The standard InChI is InChI=1S/C8H11N/c1-7(9)8-5-3-2-4-6-8/h2-3,5,9H,4,6H2,1H3. The third-order valence-corrected chi connectivity index (χ3v) is 1.50. The van der Waals surface area contributed by atoms with Crippen LogP contribution in [0.5, 0.6) is 0 Å². The highest BCUT2D eigenvalue weighted by Gasteiger charge is 1.99. The van der Waals surface area contributed by atoms with Crippen LogP contribution in [0.3, 0.4) is 0 Å². The number of rotatable bonds is 1. The summed E-state index contributed by atoms with van der Waals surface area (Å²) in [7, 11) is 0. The Bertz CT molecular complexity index is 175. The van der Waals surface area contributed by atoms with Gasteiger partial charge in [0.1, 0.15) is 0 Å². The fourth-order valence-corrected chi connectivity index (χ4v) is 0.915. The molecule has 1 aliphatic rings. The molecule has 0 bridgehead atoms. The van der Waals surface area contributed by atoms with Crippen molar-refractivity contribution in [2.45, 2.75) is 19.8 Å². The summed E-state index contributed by atoms with van der Waals surface area (Å²) in [5.74, 6) is 0. The minimum atomic E-state index is 0.708. The molecular formula is C8H11N. The fourth-order valence-electron chi connectivity index (χ4n) is 0.915. The van der Waals surface area contributed by atoms with Crippen LogP contribution >= 0.6 is 0 Å². The number of hydrogen-bond donors (Lipinski definition) is 1. The summed E-state index contributed by atoms with van der Waals surface area (Å²) in [5.41, 5.74) is 1.89. The molecule has 0 heterocycles. The van der Waals surface area contributed by atoms with E-state index in [1.807, 2.05) is 19.1 Å². The average molecular weight is 121 g/mol. The van der Waals surface area contributed by atoms with Gasteiger partial charge in [-0.1, -0.05) is 18.2 Å². The third-order valence-electron chi connectivity index (χ3n) is 1.50. The van der Waals surface area contributed by atoms with Crippen LogP contribution in [0.1, 0.15) is 19.8 Å². The first-order chi connectivity index (χ1) is 4.30. The highest BCUT2D eigenvalue weighted by atomic mass is 14.4. The van der Waals surface area contributed by atoms with Crippen molar-refractivity contribution in [1.82, 2.24) is 0 Å². The second-order valence-corrected chi connectivity index (χ2v) is 2.28. The van der Waals surface area contributed by atoms with Gasteiger partial charge in [-0.3, -0.25) is 0 Å². The van der Waals surface area contributed by atoms with E-state index in [0.29, 0.717) is 5.71 Å². The van der Waals surface area contributed by atoms with Crippen LogP contribution in [0.15, 0.2) is 23.8 Å². The molecule has 0 radical (unpaired) electrons.